The number of carbonyl (C=O) groups is 1. The van der Waals surface area contributed by atoms with Crippen LogP contribution in [0, 0.1) is 0 Å². The fourth-order valence-corrected chi connectivity index (χ4v) is 1.61. The fraction of sp³-hybridized carbons (Fsp3) is 0.316. The van der Waals surface area contributed by atoms with E-state index in [1.807, 2.05) is 40.7 Å². The van der Waals surface area contributed by atoms with Gasteiger partial charge >= 0.3 is 0 Å². The highest BCUT2D eigenvalue weighted by Gasteiger charge is 2.04. The van der Waals surface area contributed by atoms with Gasteiger partial charge in [0.25, 0.3) is 0 Å². The molecule has 0 amide bonds. The molecule has 124 valence electrons. The molecule has 1 N–H and O–H groups in total. The summed E-state index contributed by atoms with van der Waals surface area (Å²) in [6.45, 7) is 11.3. The van der Waals surface area contributed by atoms with Crippen LogP contribution in [0.4, 0.5) is 5.69 Å². The van der Waals surface area contributed by atoms with E-state index in [1.165, 1.54) is 6.92 Å². The molecule has 2 rings (SSSR count). The molecule has 0 spiro atoms. The number of aromatic hydroxyl groups is 1. The largest absolute Gasteiger partial charge is 0.508 e. The van der Waals surface area contributed by atoms with Gasteiger partial charge in [0.1, 0.15) is 11.4 Å². The Labute approximate surface area is 138 Å². The van der Waals surface area contributed by atoms with Gasteiger partial charge in [0.2, 0.25) is 0 Å². The second-order valence-electron chi connectivity index (χ2n) is 4.18. The zero-order valence-electron chi connectivity index (χ0n) is 14.8. The van der Waals surface area contributed by atoms with Crippen molar-refractivity contribution in [2.24, 2.45) is 4.99 Å². The molecule has 4 heteroatoms. The predicted octanol–water partition coefficient (Wildman–Crippen LogP) is 5.18. The number of aromatic nitrogens is 1. The number of nitrogens with zero attached hydrogens (tertiary/aromatic N) is 2. The number of Topliss-reactive ketones (excluding diaryl/α,β-unsaturated/α-hetero) is 1. The molecule has 0 aliphatic heterocycles. The summed E-state index contributed by atoms with van der Waals surface area (Å²) in [7, 11) is 0. The molecule has 23 heavy (non-hydrogen) atoms. The lowest BCUT2D eigenvalue weighted by molar-refractivity contribution is 0.101. The van der Waals surface area contributed by atoms with Crippen LogP contribution < -0.4 is 0 Å². The number of pyridine rings is 1. The van der Waals surface area contributed by atoms with Gasteiger partial charge in [0, 0.05) is 6.92 Å². The average Bonchev–Trinajstić information content (AvgIpc) is 2.60. The van der Waals surface area contributed by atoms with Crippen molar-refractivity contribution in [3.8, 4) is 5.75 Å². The molecule has 0 atom stereocenters. The number of phenols is 1. The van der Waals surface area contributed by atoms with E-state index in [0.717, 1.165) is 5.69 Å². The van der Waals surface area contributed by atoms with Gasteiger partial charge < -0.3 is 5.11 Å². The molecule has 1 aromatic heterocycles. The van der Waals surface area contributed by atoms with Gasteiger partial charge in [0.05, 0.1) is 17.1 Å². The zero-order chi connectivity index (χ0) is 17.8. The number of hydrogen-bond donors (Lipinski definition) is 1. The first kappa shape index (κ1) is 20.5. The number of rotatable bonds is 3. The van der Waals surface area contributed by atoms with Gasteiger partial charge in [-0.1, -0.05) is 33.8 Å². The lowest BCUT2D eigenvalue weighted by atomic mass is 10.2. The summed E-state index contributed by atoms with van der Waals surface area (Å²) >= 11 is 0. The first-order chi connectivity index (χ1) is 11.1. The monoisotopic (exact) mass is 314 g/mol. The molecule has 2 aromatic rings. The van der Waals surface area contributed by atoms with Crippen LogP contribution in [0.5, 0.6) is 5.75 Å². The Bertz CT molecular complexity index is 632. The van der Waals surface area contributed by atoms with E-state index in [1.54, 1.807) is 36.4 Å². The molecule has 0 radical (unpaired) electrons. The summed E-state index contributed by atoms with van der Waals surface area (Å²) < 4.78 is 0. The van der Waals surface area contributed by atoms with Crippen molar-refractivity contribution in [1.29, 1.82) is 0 Å². The Kier molecular flexibility index (Phi) is 9.92. The van der Waals surface area contributed by atoms with Gasteiger partial charge in [-0.2, -0.15) is 0 Å². The van der Waals surface area contributed by atoms with Crippen molar-refractivity contribution >= 4 is 17.2 Å². The van der Waals surface area contributed by atoms with Gasteiger partial charge in [-0.05, 0) is 43.3 Å². The highest BCUT2D eigenvalue weighted by atomic mass is 16.3. The Morgan fingerprint density at radius 3 is 1.96 bits per heavy atom. The second kappa shape index (κ2) is 11.1. The minimum atomic E-state index is -0.0701. The number of benzene rings is 1. The minimum absolute atomic E-state index is 0.0701. The van der Waals surface area contributed by atoms with Crippen LogP contribution in [0.3, 0.4) is 0 Å². The molecule has 4 nitrogen and oxygen atoms in total. The molecule has 0 bridgehead atoms. The molecule has 0 saturated carbocycles. The molecule has 1 heterocycles. The van der Waals surface area contributed by atoms with Crippen LogP contribution in [0.1, 0.15) is 57.7 Å². The molecule has 1 aromatic carbocycles. The first-order valence-electron chi connectivity index (χ1n) is 7.89. The third-order valence-electron chi connectivity index (χ3n) is 2.63. The number of ketones is 1. The number of phenolic OH excluding ortho intramolecular Hbond substituents is 1. The summed E-state index contributed by atoms with van der Waals surface area (Å²) in [5.41, 5.74) is 2.54. The first-order valence-corrected chi connectivity index (χ1v) is 7.89. The van der Waals surface area contributed by atoms with E-state index >= 15 is 0 Å². The van der Waals surface area contributed by atoms with Gasteiger partial charge in [0.15, 0.2) is 5.78 Å². The summed E-state index contributed by atoms with van der Waals surface area (Å²) in [5.74, 6) is 0.132. The van der Waals surface area contributed by atoms with Crippen molar-refractivity contribution in [1.82, 2.24) is 4.98 Å². The maximum Gasteiger partial charge on any atom is 0.178 e. The van der Waals surface area contributed by atoms with Crippen LogP contribution >= 0.6 is 0 Å². The molecule has 0 saturated heterocycles. The number of carbonyl (C=O) groups excluding carboxylic acids is 1. The molecular formula is C19H26N2O2. The molecular weight excluding hydrogens is 288 g/mol. The van der Waals surface area contributed by atoms with Crippen molar-refractivity contribution in [3.63, 3.8) is 0 Å². The van der Waals surface area contributed by atoms with E-state index in [2.05, 4.69) is 9.98 Å². The van der Waals surface area contributed by atoms with Crippen LogP contribution in [-0.4, -0.2) is 21.6 Å². The second-order valence-corrected chi connectivity index (χ2v) is 4.18. The fourth-order valence-electron chi connectivity index (χ4n) is 1.61. The van der Waals surface area contributed by atoms with Gasteiger partial charge in [-0.25, -0.2) is 4.98 Å². The summed E-state index contributed by atoms with van der Waals surface area (Å²) in [4.78, 5) is 19.9. The lowest BCUT2D eigenvalue weighted by Crippen LogP contribution is -2.03. The Hall–Kier alpha value is -2.49. The van der Waals surface area contributed by atoms with Crippen LogP contribution in [0.15, 0.2) is 47.5 Å². The normalized spacial score (nSPS) is 9.91. The number of aliphatic imine (C=N–C) groups is 1. The topological polar surface area (TPSA) is 62.5 Å². The van der Waals surface area contributed by atoms with Crippen LogP contribution in [-0.2, 0) is 0 Å². The van der Waals surface area contributed by atoms with Gasteiger partial charge in [-0.15, -0.1) is 0 Å². The molecule has 0 unspecified atom stereocenters. The molecule has 0 aliphatic carbocycles. The maximum atomic E-state index is 11.3. The standard InChI is InChI=1S/C15H14N2O2.2C2H6/c1-10(16-12-6-8-13(19)9-7-12)14-4-3-5-15(17-14)11(2)18;2*1-2/h3-9,19H,1-2H3;2*1-2H3. The van der Waals surface area contributed by atoms with Gasteiger partial charge in [-0.3, -0.25) is 9.79 Å². The smallest absolute Gasteiger partial charge is 0.178 e. The van der Waals surface area contributed by atoms with Crippen molar-refractivity contribution < 1.29 is 9.90 Å². The summed E-state index contributed by atoms with van der Waals surface area (Å²) in [6.07, 6.45) is 0. The van der Waals surface area contributed by atoms with Crippen molar-refractivity contribution in [3.05, 3.63) is 53.9 Å². The molecule has 0 aliphatic rings. The quantitative estimate of drug-likeness (QED) is 0.627. The SMILES string of the molecule is CC.CC.CC(=O)c1cccc(C(C)=Nc2ccc(O)cc2)n1. The van der Waals surface area contributed by atoms with E-state index in [-0.39, 0.29) is 11.5 Å². The van der Waals surface area contributed by atoms with E-state index in [4.69, 9.17) is 0 Å². The maximum absolute atomic E-state index is 11.3. The Morgan fingerprint density at radius 2 is 1.43 bits per heavy atom. The van der Waals surface area contributed by atoms with E-state index < -0.39 is 0 Å². The van der Waals surface area contributed by atoms with E-state index in [0.29, 0.717) is 17.1 Å². The highest BCUT2D eigenvalue weighted by Crippen LogP contribution is 2.17. The van der Waals surface area contributed by atoms with Crippen LogP contribution in [0.2, 0.25) is 0 Å². The third-order valence-corrected chi connectivity index (χ3v) is 2.63. The lowest BCUT2D eigenvalue weighted by Gasteiger charge is -2.02. The number of hydrogen-bond acceptors (Lipinski definition) is 4. The minimum Gasteiger partial charge on any atom is -0.508 e. The summed E-state index contributed by atoms with van der Waals surface area (Å²) in [6, 6.07) is 11.9. The highest BCUT2D eigenvalue weighted by molar-refractivity contribution is 6.00. The van der Waals surface area contributed by atoms with Crippen LogP contribution in [0.25, 0.3) is 0 Å². The Morgan fingerprint density at radius 1 is 0.913 bits per heavy atom. The predicted molar refractivity (Wildman–Crippen MR) is 96.9 cm³/mol. The van der Waals surface area contributed by atoms with Crippen molar-refractivity contribution in [2.45, 2.75) is 41.5 Å². The molecule has 0 fully saturated rings. The third kappa shape index (κ3) is 6.87. The van der Waals surface area contributed by atoms with E-state index in [9.17, 15) is 9.90 Å². The van der Waals surface area contributed by atoms with Crippen molar-refractivity contribution in [2.75, 3.05) is 0 Å². The average molecular weight is 314 g/mol. The Balaban J connectivity index is 0.00000112. The zero-order valence-corrected chi connectivity index (χ0v) is 14.8. The summed E-state index contributed by atoms with van der Waals surface area (Å²) in [5, 5.41) is 9.21.